The van der Waals surface area contributed by atoms with Gasteiger partial charge >= 0.3 is 0 Å². The maximum Gasteiger partial charge on any atom is 0.267 e. The van der Waals surface area contributed by atoms with E-state index >= 15 is 0 Å². The molecular formula is C27H25N7OS. The highest BCUT2D eigenvalue weighted by molar-refractivity contribution is 7.17. The van der Waals surface area contributed by atoms with Crippen LogP contribution in [0, 0.1) is 0 Å². The molecule has 0 aliphatic carbocycles. The number of aromatic amines is 1. The van der Waals surface area contributed by atoms with E-state index in [0.29, 0.717) is 18.1 Å². The number of amides is 1. The summed E-state index contributed by atoms with van der Waals surface area (Å²) in [6.45, 7) is 7.90. The first-order chi connectivity index (χ1) is 17.6. The molecule has 8 nitrogen and oxygen atoms in total. The lowest BCUT2D eigenvalue weighted by atomic mass is 10.1. The Balaban J connectivity index is 1.47. The van der Waals surface area contributed by atoms with Crippen molar-refractivity contribution in [3.63, 3.8) is 0 Å². The minimum Gasteiger partial charge on any atom is -0.351 e. The van der Waals surface area contributed by atoms with Crippen LogP contribution >= 0.6 is 11.3 Å². The second-order valence-electron chi connectivity index (χ2n) is 8.19. The highest BCUT2D eigenvalue weighted by atomic mass is 32.1. The van der Waals surface area contributed by atoms with Gasteiger partial charge in [-0.1, -0.05) is 24.3 Å². The van der Waals surface area contributed by atoms with Gasteiger partial charge in [0.15, 0.2) is 11.6 Å². The number of aromatic nitrogens is 3. The SMILES string of the molecule is C=NN/C=C(\C)c1ccc(Nc2nc(-c3ccc4cc(C(=O)NCC)[nH]c4c3)nc3ccsc23)cc1. The summed E-state index contributed by atoms with van der Waals surface area (Å²) in [6, 6.07) is 17.9. The molecule has 5 aromatic rings. The van der Waals surface area contributed by atoms with E-state index in [1.54, 1.807) is 11.3 Å². The van der Waals surface area contributed by atoms with Crippen molar-refractivity contribution in [3.05, 3.63) is 77.4 Å². The minimum atomic E-state index is -0.122. The molecule has 0 aliphatic heterocycles. The molecule has 0 spiro atoms. The van der Waals surface area contributed by atoms with Gasteiger partial charge in [-0.15, -0.1) is 11.3 Å². The van der Waals surface area contributed by atoms with E-state index in [4.69, 9.17) is 9.97 Å². The monoisotopic (exact) mass is 495 g/mol. The topological polar surface area (TPSA) is 107 Å². The molecule has 0 unspecified atom stereocenters. The first-order valence-corrected chi connectivity index (χ1v) is 12.4. The van der Waals surface area contributed by atoms with Gasteiger partial charge in [-0.05, 0) is 60.7 Å². The molecule has 180 valence electrons. The molecular weight excluding hydrogens is 470 g/mol. The molecule has 1 amide bonds. The number of allylic oxidation sites excluding steroid dienone is 1. The molecule has 0 aliphatic rings. The summed E-state index contributed by atoms with van der Waals surface area (Å²) in [5.41, 5.74) is 8.94. The van der Waals surface area contributed by atoms with Crippen molar-refractivity contribution in [2.75, 3.05) is 11.9 Å². The van der Waals surface area contributed by atoms with E-state index in [1.807, 2.05) is 80.0 Å². The normalized spacial score (nSPS) is 11.6. The summed E-state index contributed by atoms with van der Waals surface area (Å²) in [4.78, 5) is 25.1. The molecule has 3 heterocycles. The van der Waals surface area contributed by atoms with Gasteiger partial charge in [0, 0.05) is 41.6 Å². The Bertz CT molecular complexity index is 1600. The number of nitrogens with zero attached hydrogens (tertiary/aromatic N) is 3. The van der Waals surface area contributed by atoms with Gasteiger partial charge in [-0.2, -0.15) is 5.10 Å². The van der Waals surface area contributed by atoms with E-state index in [1.165, 1.54) is 0 Å². The molecule has 0 radical (unpaired) electrons. The molecule has 0 saturated heterocycles. The number of hydrazone groups is 1. The predicted molar refractivity (Wildman–Crippen MR) is 149 cm³/mol. The van der Waals surface area contributed by atoms with Crippen LogP contribution in [0.1, 0.15) is 29.9 Å². The summed E-state index contributed by atoms with van der Waals surface area (Å²) in [6.07, 6.45) is 1.81. The highest BCUT2D eigenvalue weighted by Gasteiger charge is 2.14. The largest absolute Gasteiger partial charge is 0.351 e. The number of carbonyl (C=O) groups is 1. The first-order valence-electron chi connectivity index (χ1n) is 11.5. The fourth-order valence-electron chi connectivity index (χ4n) is 3.90. The third kappa shape index (κ3) is 4.69. The van der Waals surface area contributed by atoms with Crippen LogP contribution < -0.4 is 16.1 Å². The van der Waals surface area contributed by atoms with E-state index in [2.05, 4.69) is 32.9 Å². The van der Waals surface area contributed by atoms with E-state index in [9.17, 15) is 4.79 Å². The zero-order valence-corrected chi connectivity index (χ0v) is 20.7. The number of rotatable bonds is 8. The van der Waals surface area contributed by atoms with Gasteiger partial charge in [0.25, 0.3) is 5.91 Å². The lowest BCUT2D eigenvalue weighted by Crippen LogP contribution is -2.22. The first kappa shape index (κ1) is 23.3. The van der Waals surface area contributed by atoms with Crippen molar-refractivity contribution in [1.29, 1.82) is 0 Å². The Kier molecular flexibility index (Phi) is 6.46. The number of H-pyrrole nitrogens is 1. The van der Waals surface area contributed by atoms with Crippen LogP contribution in [-0.2, 0) is 0 Å². The molecule has 4 N–H and O–H groups in total. The summed E-state index contributed by atoms with van der Waals surface area (Å²) >= 11 is 1.60. The number of carbonyl (C=O) groups excluding carboxylic acids is 1. The zero-order chi connectivity index (χ0) is 25.1. The lowest BCUT2D eigenvalue weighted by Gasteiger charge is -2.10. The van der Waals surface area contributed by atoms with Crippen LogP contribution in [0.15, 0.2) is 71.3 Å². The molecule has 2 aromatic carbocycles. The van der Waals surface area contributed by atoms with Crippen LogP contribution in [0.3, 0.4) is 0 Å². The number of benzene rings is 2. The molecule has 36 heavy (non-hydrogen) atoms. The number of fused-ring (bicyclic) bond motifs is 2. The van der Waals surface area contributed by atoms with Gasteiger partial charge in [0.05, 0.1) is 10.2 Å². The standard InChI is InChI=1S/C27H25N7OS/c1-4-29-27(35)23-13-18-5-6-19(14-22(18)32-23)25-33-21-11-12-36-24(21)26(34-25)31-20-9-7-17(8-10-20)16(2)15-30-28-3/h5-15,30,32H,3-4H2,1-2H3,(H,29,35)(H,31,33,34)/b16-15+. The van der Waals surface area contributed by atoms with Crippen LogP contribution in [-0.4, -0.2) is 34.1 Å². The second-order valence-corrected chi connectivity index (χ2v) is 9.11. The zero-order valence-electron chi connectivity index (χ0n) is 19.9. The number of thiophene rings is 1. The Hall–Kier alpha value is -4.50. The van der Waals surface area contributed by atoms with Gasteiger partial charge in [0.1, 0.15) is 5.69 Å². The van der Waals surface area contributed by atoms with E-state index < -0.39 is 0 Å². The maximum atomic E-state index is 12.2. The highest BCUT2D eigenvalue weighted by Crippen LogP contribution is 2.32. The Morgan fingerprint density at radius 3 is 2.75 bits per heavy atom. The lowest BCUT2D eigenvalue weighted by molar-refractivity contribution is 0.0951. The summed E-state index contributed by atoms with van der Waals surface area (Å²) in [5.74, 6) is 1.23. The van der Waals surface area contributed by atoms with Crippen molar-refractivity contribution in [2.24, 2.45) is 5.10 Å². The van der Waals surface area contributed by atoms with Crippen LogP contribution in [0.2, 0.25) is 0 Å². The average Bonchev–Trinajstić information content (AvgIpc) is 3.54. The molecule has 5 rings (SSSR count). The van der Waals surface area contributed by atoms with Crippen molar-refractivity contribution >= 4 is 62.2 Å². The molecule has 9 heteroatoms. The smallest absolute Gasteiger partial charge is 0.267 e. The number of hydrogen-bond donors (Lipinski definition) is 4. The third-order valence-electron chi connectivity index (χ3n) is 5.74. The maximum absolute atomic E-state index is 12.2. The molecule has 3 aromatic heterocycles. The summed E-state index contributed by atoms with van der Waals surface area (Å²) in [5, 5.41) is 12.9. The third-order valence-corrected chi connectivity index (χ3v) is 6.65. The van der Waals surface area contributed by atoms with Gasteiger partial charge < -0.3 is 15.6 Å². The van der Waals surface area contributed by atoms with Crippen LogP contribution in [0.5, 0.6) is 0 Å². The number of hydrogen-bond acceptors (Lipinski definition) is 7. The number of anilines is 2. The Morgan fingerprint density at radius 1 is 1.14 bits per heavy atom. The number of nitrogens with one attached hydrogen (secondary N) is 4. The predicted octanol–water partition coefficient (Wildman–Crippen LogP) is 5.90. The molecule has 0 fully saturated rings. The minimum absolute atomic E-state index is 0.122. The molecule has 0 bridgehead atoms. The van der Waals surface area contributed by atoms with Crippen LogP contribution in [0.4, 0.5) is 11.5 Å². The molecule has 0 saturated carbocycles. The quantitative estimate of drug-likeness (QED) is 0.158. The van der Waals surface area contributed by atoms with E-state index in [0.717, 1.165) is 49.3 Å². The van der Waals surface area contributed by atoms with Crippen molar-refractivity contribution in [1.82, 2.24) is 25.7 Å². The van der Waals surface area contributed by atoms with Gasteiger partial charge in [-0.3, -0.25) is 10.2 Å². The Labute approximate surface area is 212 Å². The van der Waals surface area contributed by atoms with Gasteiger partial charge in [-0.25, -0.2) is 9.97 Å². The fraction of sp³-hybridized carbons (Fsp3) is 0.111. The molecule has 0 atom stereocenters. The summed E-state index contributed by atoms with van der Waals surface area (Å²) < 4.78 is 0.986. The van der Waals surface area contributed by atoms with Crippen molar-refractivity contribution in [2.45, 2.75) is 13.8 Å². The van der Waals surface area contributed by atoms with E-state index in [-0.39, 0.29) is 5.91 Å². The second kappa shape index (κ2) is 10.0. The van der Waals surface area contributed by atoms with Crippen LogP contribution in [0.25, 0.3) is 38.1 Å². The van der Waals surface area contributed by atoms with Crippen molar-refractivity contribution < 1.29 is 4.79 Å². The van der Waals surface area contributed by atoms with Gasteiger partial charge in [0.2, 0.25) is 0 Å². The van der Waals surface area contributed by atoms with Crippen molar-refractivity contribution in [3.8, 4) is 11.4 Å². The summed E-state index contributed by atoms with van der Waals surface area (Å²) in [7, 11) is 0. The average molecular weight is 496 g/mol. The fourth-order valence-corrected chi connectivity index (χ4v) is 4.68. The Morgan fingerprint density at radius 2 is 1.97 bits per heavy atom.